The Kier molecular flexibility index (Phi) is 3.36. The molecule has 19 heavy (non-hydrogen) atoms. The lowest BCUT2D eigenvalue weighted by atomic mass is 10.1. The Hall–Kier alpha value is -0.580. The molecule has 2 unspecified atom stereocenters. The maximum absolute atomic E-state index is 12.9. The molecule has 0 spiro atoms. The van der Waals surface area contributed by atoms with E-state index in [1.165, 1.54) is 0 Å². The number of halogens is 1. The van der Waals surface area contributed by atoms with Gasteiger partial charge in [0.05, 0.1) is 4.90 Å². The molecule has 2 bridgehead atoms. The van der Waals surface area contributed by atoms with Crippen LogP contribution in [0.25, 0.3) is 0 Å². The fourth-order valence-electron chi connectivity index (χ4n) is 3.44. The van der Waals surface area contributed by atoms with Gasteiger partial charge in [0.25, 0.3) is 0 Å². The van der Waals surface area contributed by atoms with Crippen molar-refractivity contribution in [1.29, 1.82) is 0 Å². The Morgan fingerprint density at radius 2 is 1.79 bits per heavy atom. The Balaban J connectivity index is 2.06. The lowest BCUT2D eigenvalue weighted by Gasteiger charge is -2.34. The standard InChI is InChI=1S/C14H18ClNO2S/c1-10-13(15)6-3-7-14(10)19(17,18)16-11-4-2-5-12(16)9-8-11/h3,6-7,11-12H,2,4-5,8-9H2,1H3. The zero-order valence-electron chi connectivity index (χ0n) is 11.0. The first-order valence-electron chi connectivity index (χ1n) is 6.80. The molecule has 104 valence electrons. The summed E-state index contributed by atoms with van der Waals surface area (Å²) in [6.45, 7) is 1.78. The Morgan fingerprint density at radius 3 is 2.42 bits per heavy atom. The van der Waals surface area contributed by atoms with Crippen molar-refractivity contribution in [3.8, 4) is 0 Å². The van der Waals surface area contributed by atoms with Crippen LogP contribution in [0.1, 0.15) is 37.7 Å². The third kappa shape index (κ3) is 2.10. The van der Waals surface area contributed by atoms with Crippen LogP contribution in [0.4, 0.5) is 0 Å². The van der Waals surface area contributed by atoms with Gasteiger partial charge in [0.15, 0.2) is 0 Å². The molecule has 0 saturated carbocycles. The van der Waals surface area contributed by atoms with Gasteiger partial charge in [-0.25, -0.2) is 8.42 Å². The van der Waals surface area contributed by atoms with E-state index in [1.807, 2.05) is 0 Å². The molecule has 2 fully saturated rings. The highest BCUT2D eigenvalue weighted by Gasteiger charge is 2.44. The van der Waals surface area contributed by atoms with E-state index >= 15 is 0 Å². The SMILES string of the molecule is Cc1c(Cl)cccc1S(=O)(=O)N1C2CCCC1CC2. The molecule has 3 nitrogen and oxygen atoms in total. The summed E-state index contributed by atoms with van der Waals surface area (Å²) in [5.74, 6) is 0. The third-order valence-corrected chi connectivity index (χ3v) is 6.96. The Bertz CT molecular complexity index is 583. The van der Waals surface area contributed by atoms with Crippen molar-refractivity contribution in [3.05, 3.63) is 28.8 Å². The van der Waals surface area contributed by atoms with Gasteiger partial charge in [-0.2, -0.15) is 4.31 Å². The summed E-state index contributed by atoms with van der Waals surface area (Å²) in [6.07, 6.45) is 5.15. The van der Waals surface area contributed by atoms with Gasteiger partial charge >= 0.3 is 0 Å². The highest BCUT2D eigenvalue weighted by atomic mass is 35.5. The van der Waals surface area contributed by atoms with Gasteiger partial charge in [-0.3, -0.25) is 0 Å². The fourth-order valence-corrected chi connectivity index (χ4v) is 5.85. The maximum Gasteiger partial charge on any atom is 0.243 e. The topological polar surface area (TPSA) is 37.4 Å². The van der Waals surface area contributed by atoms with E-state index in [0.717, 1.165) is 32.1 Å². The average molecular weight is 300 g/mol. The lowest BCUT2D eigenvalue weighted by molar-refractivity contribution is 0.248. The number of sulfonamides is 1. The van der Waals surface area contributed by atoms with Crippen molar-refractivity contribution in [2.75, 3.05) is 0 Å². The van der Waals surface area contributed by atoms with Crippen LogP contribution in [0.15, 0.2) is 23.1 Å². The molecule has 0 aromatic heterocycles. The number of hydrogen-bond acceptors (Lipinski definition) is 2. The van der Waals surface area contributed by atoms with Crippen LogP contribution in [-0.2, 0) is 10.0 Å². The largest absolute Gasteiger partial charge is 0.243 e. The molecule has 2 heterocycles. The summed E-state index contributed by atoms with van der Waals surface area (Å²) in [4.78, 5) is 0.374. The van der Waals surface area contributed by atoms with E-state index in [2.05, 4.69) is 0 Å². The number of fused-ring (bicyclic) bond motifs is 2. The molecule has 3 rings (SSSR count). The van der Waals surface area contributed by atoms with Crippen LogP contribution in [0.2, 0.25) is 5.02 Å². The average Bonchev–Trinajstić information content (AvgIpc) is 2.64. The number of benzene rings is 1. The second-order valence-electron chi connectivity index (χ2n) is 5.51. The van der Waals surface area contributed by atoms with E-state index in [1.54, 1.807) is 29.4 Å². The molecule has 2 aliphatic heterocycles. The normalized spacial score (nSPS) is 27.7. The molecular formula is C14H18ClNO2S. The molecule has 5 heteroatoms. The minimum absolute atomic E-state index is 0.196. The summed E-state index contributed by atoms with van der Waals surface area (Å²) < 4.78 is 27.5. The maximum atomic E-state index is 12.9. The second-order valence-corrected chi connectivity index (χ2v) is 7.73. The van der Waals surface area contributed by atoms with Crippen LogP contribution in [-0.4, -0.2) is 24.8 Å². The first kappa shape index (κ1) is 13.4. The van der Waals surface area contributed by atoms with E-state index in [-0.39, 0.29) is 12.1 Å². The summed E-state index contributed by atoms with van der Waals surface area (Å²) in [5, 5.41) is 0.519. The van der Waals surface area contributed by atoms with Gasteiger partial charge < -0.3 is 0 Å². The summed E-state index contributed by atoms with van der Waals surface area (Å²) in [6, 6.07) is 5.52. The molecule has 2 aliphatic rings. The quantitative estimate of drug-likeness (QED) is 0.840. The Labute approximate surface area is 119 Å². The molecule has 0 amide bonds. The van der Waals surface area contributed by atoms with Crippen LogP contribution in [0.5, 0.6) is 0 Å². The van der Waals surface area contributed by atoms with Crippen LogP contribution >= 0.6 is 11.6 Å². The fraction of sp³-hybridized carbons (Fsp3) is 0.571. The van der Waals surface area contributed by atoms with E-state index < -0.39 is 10.0 Å². The molecule has 0 aliphatic carbocycles. The second kappa shape index (κ2) is 4.76. The molecule has 0 N–H and O–H groups in total. The van der Waals surface area contributed by atoms with E-state index in [0.29, 0.717) is 15.5 Å². The zero-order chi connectivity index (χ0) is 13.6. The summed E-state index contributed by atoms with van der Waals surface area (Å²) in [7, 11) is -3.40. The molecule has 2 atom stereocenters. The van der Waals surface area contributed by atoms with Gasteiger partial charge in [0.1, 0.15) is 0 Å². The molecule has 1 aromatic carbocycles. The minimum Gasteiger partial charge on any atom is -0.207 e. The Morgan fingerprint density at radius 1 is 1.16 bits per heavy atom. The highest BCUT2D eigenvalue weighted by molar-refractivity contribution is 7.89. The number of nitrogens with zero attached hydrogens (tertiary/aromatic N) is 1. The highest BCUT2D eigenvalue weighted by Crippen LogP contribution is 2.40. The zero-order valence-corrected chi connectivity index (χ0v) is 12.5. The van der Waals surface area contributed by atoms with Crippen molar-refractivity contribution >= 4 is 21.6 Å². The predicted molar refractivity (Wildman–Crippen MR) is 75.9 cm³/mol. The van der Waals surface area contributed by atoms with Crippen LogP contribution in [0, 0.1) is 6.92 Å². The monoisotopic (exact) mass is 299 g/mol. The van der Waals surface area contributed by atoms with Gasteiger partial charge in [0, 0.05) is 17.1 Å². The summed E-state index contributed by atoms with van der Waals surface area (Å²) in [5.41, 5.74) is 0.661. The summed E-state index contributed by atoms with van der Waals surface area (Å²) >= 11 is 6.06. The molecular weight excluding hydrogens is 282 g/mol. The van der Waals surface area contributed by atoms with Gasteiger partial charge in [-0.05, 0) is 50.3 Å². The van der Waals surface area contributed by atoms with E-state index in [9.17, 15) is 8.42 Å². The van der Waals surface area contributed by atoms with Crippen molar-refractivity contribution in [3.63, 3.8) is 0 Å². The first-order valence-corrected chi connectivity index (χ1v) is 8.62. The van der Waals surface area contributed by atoms with Gasteiger partial charge in [-0.15, -0.1) is 0 Å². The van der Waals surface area contributed by atoms with Gasteiger partial charge in [-0.1, -0.05) is 24.1 Å². The van der Waals surface area contributed by atoms with Crippen molar-refractivity contribution in [2.45, 2.75) is 56.0 Å². The van der Waals surface area contributed by atoms with Crippen molar-refractivity contribution < 1.29 is 8.42 Å². The van der Waals surface area contributed by atoms with Crippen LogP contribution < -0.4 is 0 Å². The smallest absolute Gasteiger partial charge is 0.207 e. The van der Waals surface area contributed by atoms with E-state index in [4.69, 9.17) is 11.6 Å². The lowest BCUT2D eigenvalue weighted by Crippen LogP contribution is -2.44. The third-order valence-electron chi connectivity index (χ3n) is 4.40. The number of piperidine rings is 1. The van der Waals surface area contributed by atoms with Crippen molar-refractivity contribution in [1.82, 2.24) is 4.31 Å². The molecule has 0 radical (unpaired) electrons. The predicted octanol–water partition coefficient (Wildman–Crippen LogP) is 3.35. The molecule has 1 aromatic rings. The van der Waals surface area contributed by atoms with Gasteiger partial charge in [0.2, 0.25) is 10.0 Å². The van der Waals surface area contributed by atoms with Crippen LogP contribution in [0.3, 0.4) is 0 Å². The number of hydrogen-bond donors (Lipinski definition) is 0. The first-order chi connectivity index (χ1) is 9.01. The van der Waals surface area contributed by atoms with Crippen molar-refractivity contribution in [2.24, 2.45) is 0 Å². The minimum atomic E-state index is -3.40. The number of rotatable bonds is 2. The molecule has 2 saturated heterocycles.